The van der Waals surface area contributed by atoms with E-state index in [1.54, 1.807) is 11.8 Å². The van der Waals surface area contributed by atoms with Crippen molar-refractivity contribution in [1.29, 1.82) is 0 Å². The largest absolute Gasteiger partial charge is 0.305 e. The van der Waals surface area contributed by atoms with Crippen LogP contribution in [0.15, 0.2) is 41.8 Å². The molecule has 0 aliphatic heterocycles. The first-order chi connectivity index (χ1) is 10.7. The second-order valence-electron chi connectivity index (χ2n) is 5.23. The van der Waals surface area contributed by atoms with E-state index < -0.39 is 0 Å². The molecule has 6 heteroatoms. The predicted octanol–water partition coefficient (Wildman–Crippen LogP) is 3.30. The van der Waals surface area contributed by atoms with Gasteiger partial charge in [-0.05, 0) is 19.4 Å². The molecule has 114 valence electrons. The molecule has 0 amide bonds. The SMILES string of the molecule is CCn1cc(-c2nnc(SCc3cccc(C)c3)n2C)cn1. The summed E-state index contributed by atoms with van der Waals surface area (Å²) in [7, 11) is 2.00. The highest BCUT2D eigenvalue weighted by molar-refractivity contribution is 7.98. The zero-order chi connectivity index (χ0) is 15.5. The molecule has 2 heterocycles. The standard InChI is InChI=1S/C16H19N5S/c1-4-21-10-14(9-17-21)15-18-19-16(20(15)3)22-11-13-7-5-6-12(2)8-13/h5-10H,4,11H2,1-3H3. The number of hydrogen-bond acceptors (Lipinski definition) is 4. The second kappa shape index (κ2) is 6.36. The summed E-state index contributed by atoms with van der Waals surface area (Å²) < 4.78 is 3.92. The van der Waals surface area contributed by atoms with Crippen LogP contribution in [0, 0.1) is 6.92 Å². The molecule has 1 aromatic carbocycles. The summed E-state index contributed by atoms with van der Waals surface area (Å²) in [5.41, 5.74) is 3.58. The Labute approximate surface area is 134 Å². The van der Waals surface area contributed by atoms with Crippen molar-refractivity contribution < 1.29 is 0 Å². The van der Waals surface area contributed by atoms with E-state index in [0.29, 0.717) is 0 Å². The number of thioether (sulfide) groups is 1. The van der Waals surface area contributed by atoms with E-state index in [1.165, 1.54) is 11.1 Å². The number of aromatic nitrogens is 5. The van der Waals surface area contributed by atoms with Crippen LogP contribution in [0.4, 0.5) is 0 Å². The summed E-state index contributed by atoms with van der Waals surface area (Å²) in [6.07, 6.45) is 3.83. The molecule has 0 atom stereocenters. The molecule has 0 radical (unpaired) electrons. The Kier molecular flexibility index (Phi) is 4.29. The molecule has 3 rings (SSSR count). The lowest BCUT2D eigenvalue weighted by molar-refractivity contribution is 0.660. The Morgan fingerprint density at radius 1 is 1.23 bits per heavy atom. The maximum absolute atomic E-state index is 4.30. The highest BCUT2D eigenvalue weighted by atomic mass is 32.2. The normalized spacial score (nSPS) is 11.0. The summed E-state index contributed by atoms with van der Waals surface area (Å²) >= 11 is 1.70. The van der Waals surface area contributed by atoms with Crippen molar-refractivity contribution in [2.24, 2.45) is 7.05 Å². The Morgan fingerprint density at radius 3 is 2.82 bits per heavy atom. The van der Waals surface area contributed by atoms with Crippen LogP contribution in [0.1, 0.15) is 18.1 Å². The fourth-order valence-corrected chi connectivity index (χ4v) is 3.15. The molecule has 0 saturated carbocycles. The zero-order valence-electron chi connectivity index (χ0n) is 13.0. The van der Waals surface area contributed by atoms with Gasteiger partial charge in [-0.1, -0.05) is 41.6 Å². The molecule has 3 aromatic rings. The van der Waals surface area contributed by atoms with Crippen molar-refractivity contribution in [3.8, 4) is 11.4 Å². The van der Waals surface area contributed by atoms with Crippen LogP contribution >= 0.6 is 11.8 Å². The predicted molar refractivity (Wildman–Crippen MR) is 88.6 cm³/mol. The van der Waals surface area contributed by atoms with Crippen molar-refractivity contribution >= 4 is 11.8 Å². The fraction of sp³-hybridized carbons (Fsp3) is 0.312. The lowest BCUT2D eigenvalue weighted by Crippen LogP contribution is -1.95. The number of rotatable bonds is 5. The molecule has 0 aliphatic rings. The van der Waals surface area contributed by atoms with E-state index >= 15 is 0 Å². The molecule has 0 spiro atoms. The van der Waals surface area contributed by atoms with Gasteiger partial charge in [-0.2, -0.15) is 5.10 Å². The fourth-order valence-electron chi connectivity index (χ4n) is 2.29. The van der Waals surface area contributed by atoms with Crippen LogP contribution < -0.4 is 0 Å². The monoisotopic (exact) mass is 313 g/mol. The van der Waals surface area contributed by atoms with Gasteiger partial charge in [0.2, 0.25) is 0 Å². The minimum atomic E-state index is 0.853. The van der Waals surface area contributed by atoms with Gasteiger partial charge in [0.25, 0.3) is 0 Å². The van der Waals surface area contributed by atoms with Gasteiger partial charge in [-0.25, -0.2) is 0 Å². The molecule has 0 aliphatic carbocycles. The molecule has 0 N–H and O–H groups in total. The van der Waals surface area contributed by atoms with E-state index in [0.717, 1.165) is 28.8 Å². The van der Waals surface area contributed by atoms with E-state index in [4.69, 9.17) is 0 Å². The van der Waals surface area contributed by atoms with Gasteiger partial charge in [0.15, 0.2) is 11.0 Å². The molecule has 2 aromatic heterocycles. The molecule has 5 nitrogen and oxygen atoms in total. The van der Waals surface area contributed by atoms with Crippen LogP contribution in [0.3, 0.4) is 0 Å². The Bertz CT molecular complexity index is 774. The number of aryl methyl sites for hydroxylation is 2. The summed E-state index contributed by atoms with van der Waals surface area (Å²) in [5.74, 6) is 1.74. The molecular weight excluding hydrogens is 294 g/mol. The minimum Gasteiger partial charge on any atom is -0.305 e. The highest BCUT2D eigenvalue weighted by Crippen LogP contribution is 2.25. The Balaban J connectivity index is 1.76. The third kappa shape index (κ3) is 3.06. The van der Waals surface area contributed by atoms with Crippen LogP contribution in [-0.4, -0.2) is 24.5 Å². The molecule has 22 heavy (non-hydrogen) atoms. The van der Waals surface area contributed by atoms with Crippen LogP contribution in [0.2, 0.25) is 0 Å². The van der Waals surface area contributed by atoms with Crippen molar-refractivity contribution in [2.75, 3.05) is 0 Å². The van der Waals surface area contributed by atoms with Gasteiger partial charge in [0.05, 0.1) is 11.8 Å². The van der Waals surface area contributed by atoms with Gasteiger partial charge in [0.1, 0.15) is 0 Å². The van der Waals surface area contributed by atoms with E-state index in [1.807, 2.05) is 28.7 Å². The second-order valence-corrected chi connectivity index (χ2v) is 6.17. The van der Waals surface area contributed by atoms with Gasteiger partial charge in [0, 0.05) is 25.5 Å². The summed E-state index contributed by atoms with van der Waals surface area (Å²) in [4.78, 5) is 0. The van der Waals surface area contributed by atoms with E-state index in [2.05, 4.69) is 53.4 Å². The van der Waals surface area contributed by atoms with E-state index in [9.17, 15) is 0 Å². The average Bonchev–Trinajstić information content (AvgIpc) is 3.12. The first-order valence-corrected chi connectivity index (χ1v) is 8.26. The number of benzene rings is 1. The average molecular weight is 313 g/mol. The summed E-state index contributed by atoms with van der Waals surface area (Å²) in [6.45, 7) is 5.03. The maximum Gasteiger partial charge on any atom is 0.191 e. The van der Waals surface area contributed by atoms with Crippen LogP contribution in [0.25, 0.3) is 11.4 Å². The topological polar surface area (TPSA) is 48.5 Å². The van der Waals surface area contributed by atoms with Crippen molar-refractivity contribution in [1.82, 2.24) is 24.5 Å². The molecule has 0 fully saturated rings. The number of nitrogens with zero attached hydrogens (tertiary/aromatic N) is 5. The molecule has 0 saturated heterocycles. The first-order valence-electron chi connectivity index (χ1n) is 7.28. The van der Waals surface area contributed by atoms with Crippen molar-refractivity contribution in [3.05, 3.63) is 47.8 Å². The molecule has 0 bridgehead atoms. The Morgan fingerprint density at radius 2 is 2.09 bits per heavy atom. The third-order valence-corrected chi connectivity index (χ3v) is 4.59. The highest BCUT2D eigenvalue weighted by Gasteiger charge is 2.12. The van der Waals surface area contributed by atoms with Gasteiger partial charge >= 0.3 is 0 Å². The summed E-state index contributed by atoms with van der Waals surface area (Å²) in [6, 6.07) is 8.55. The first kappa shape index (κ1) is 14.8. The summed E-state index contributed by atoms with van der Waals surface area (Å²) in [5, 5.41) is 13.8. The maximum atomic E-state index is 4.30. The minimum absolute atomic E-state index is 0.853. The lowest BCUT2D eigenvalue weighted by atomic mass is 10.2. The lowest BCUT2D eigenvalue weighted by Gasteiger charge is -2.03. The quantitative estimate of drug-likeness (QED) is 0.678. The van der Waals surface area contributed by atoms with E-state index in [-0.39, 0.29) is 0 Å². The van der Waals surface area contributed by atoms with Crippen LogP contribution in [0.5, 0.6) is 0 Å². The third-order valence-electron chi connectivity index (χ3n) is 3.50. The van der Waals surface area contributed by atoms with Crippen molar-refractivity contribution in [3.63, 3.8) is 0 Å². The smallest absolute Gasteiger partial charge is 0.191 e. The van der Waals surface area contributed by atoms with Gasteiger partial charge < -0.3 is 4.57 Å². The van der Waals surface area contributed by atoms with Gasteiger partial charge in [-0.3, -0.25) is 4.68 Å². The number of hydrogen-bond donors (Lipinski definition) is 0. The molecule has 0 unspecified atom stereocenters. The van der Waals surface area contributed by atoms with Crippen molar-refractivity contribution in [2.45, 2.75) is 31.3 Å². The zero-order valence-corrected chi connectivity index (χ0v) is 13.8. The molecular formula is C16H19N5S. The Hall–Kier alpha value is -2.08. The van der Waals surface area contributed by atoms with Crippen LogP contribution in [-0.2, 0) is 19.3 Å². The van der Waals surface area contributed by atoms with Gasteiger partial charge in [-0.15, -0.1) is 10.2 Å².